The SMILES string of the molecule is Cc1ccc(F)cc1C(=O)NCc1ccc(C(=O)O)cc1. The first-order valence-corrected chi connectivity index (χ1v) is 6.34. The molecule has 0 aliphatic heterocycles. The van der Waals surface area contributed by atoms with Crippen molar-refractivity contribution in [3.05, 3.63) is 70.5 Å². The first-order valence-electron chi connectivity index (χ1n) is 6.34. The second kappa shape index (κ2) is 6.17. The fourth-order valence-electron chi connectivity index (χ4n) is 1.88. The summed E-state index contributed by atoms with van der Waals surface area (Å²) in [5, 5.41) is 11.5. The van der Waals surface area contributed by atoms with Crippen molar-refractivity contribution in [3.8, 4) is 0 Å². The van der Waals surface area contributed by atoms with Crippen molar-refractivity contribution >= 4 is 11.9 Å². The molecule has 0 atom stereocenters. The number of carbonyl (C=O) groups excluding carboxylic acids is 1. The molecule has 0 heterocycles. The molecule has 0 bridgehead atoms. The Labute approximate surface area is 121 Å². The van der Waals surface area contributed by atoms with Crippen LogP contribution in [0.15, 0.2) is 42.5 Å². The third kappa shape index (κ3) is 3.66. The number of benzene rings is 2. The van der Waals surface area contributed by atoms with E-state index >= 15 is 0 Å². The van der Waals surface area contributed by atoms with Crippen LogP contribution in [0.2, 0.25) is 0 Å². The molecule has 2 aromatic rings. The van der Waals surface area contributed by atoms with Gasteiger partial charge in [0.15, 0.2) is 0 Å². The van der Waals surface area contributed by atoms with Crippen LogP contribution in [0.25, 0.3) is 0 Å². The number of aromatic carboxylic acids is 1. The van der Waals surface area contributed by atoms with E-state index in [1.807, 2.05) is 0 Å². The largest absolute Gasteiger partial charge is 0.478 e. The second-order valence-electron chi connectivity index (χ2n) is 4.64. The van der Waals surface area contributed by atoms with Crippen molar-refractivity contribution in [1.82, 2.24) is 5.32 Å². The monoisotopic (exact) mass is 287 g/mol. The molecule has 2 aromatic carbocycles. The standard InChI is InChI=1S/C16H14FNO3/c1-10-2-7-13(17)8-14(10)15(19)18-9-11-3-5-12(6-4-11)16(20)21/h2-8H,9H2,1H3,(H,18,19)(H,20,21). The van der Waals surface area contributed by atoms with Crippen LogP contribution in [0.3, 0.4) is 0 Å². The molecule has 2 N–H and O–H groups in total. The highest BCUT2D eigenvalue weighted by molar-refractivity contribution is 5.95. The smallest absolute Gasteiger partial charge is 0.335 e. The lowest BCUT2D eigenvalue weighted by Crippen LogP contribution is -2.23. The van der Waals surface area contributed by atoms with Gasteiger partial charge < -0.3 is 10.4 Å². The molecule has 5 heteroatoms. The summed E-state index contributed by atoms with van der Waals surface area (Å²) in [6.45, 7) is 1.98. The zero-order chi connectivity index (χ0) is 15.4. The Morgan fingerprint density at radius 1 is 1.14 bits per heavy atom. The molecule has 1 amide bonds. The van der Waals surface area contributed by atoms with Crippen LogP contribution < -0.4 is 5.32 Å². The van der Waals surface area contributed by atoms with Gasteiger partial charge in [0, 0.05) is 12.1 Å². The van der Waals surface area contributed by atoms with Crippen molar-refractivity contribution < 1.29 is 19.1 Å². The van der Waals surface area contributed by atoms with E-state index in [0.717, 1.165) is 5.56 Å². The summed E-state index contributed by atoms with van der Waals surface area (Å²) in [6.07, 6.45) is 0. The fraction of sp³-hybridized carbons (Fsp3) is 0.125. The van der Waals surface area contributed by atoms with Gasteiger partial charge in [-0.2, -0.15) is 0 Å². The van der Waals surface area contributed by atoms with E-state index in [-0.39, 0.29) is 23.6 Å². The molecule has 108 valence electrons. The minimum atomic E-state index is -0.999. The topological polar surface area (TPSA) is 66.4 Å². The molecule has 0 fully saturated rings. The van der Waals surface area contributed by atoms with Crippen molar-refractivity contribution in [2.24, 2.45) is 0 Å². The van der Waals surface area contributed by atoms with E-state index in [9.17, 15) is 14.0 Å². The third-order valence-electron chi connectivity index (χ3n) is 3.10. The highest BCUT2D eigenvalue weighted by Crippen LogP contribution is 2.11. The maximum atomic E-state index is 13.2. The predicted octanol–water partition coefficient (Wildman–Crippen LogP) is 2.76. The molecule has 0 aromatic heterocycles. The molecule has 0 spiro atoms. The quantitative estimate of drug-likeness (QED) is 0.908. The molecule has 0 radical (unpaired) electrons. The molecule has 0 aliphatic rings. The number of halogens is 1. The van der Waals surface area contributed by atoms with Crippen molar-refractivity contribution in [2.75, 3.05) is 0 Å². The van der Waals surface area contributed by atoms with Crippen molar-refractivity contribution in [3.63, 3.8) is 0 Å². The molecule has 2 rings (SSSR count). The van der Waals surface area contributed by atoms with Gasteiger partial charge in [-0.15, -0.1) is 0 Å². The van der Waals surface area contributed by atoms with Gasteiger partial charge in [-0.05, 0) is 42.3 Å². The summed E-state index contributed by atoms with van der Waals surface area (Å²) < 4.78 is 13.2. The normalized spacial score (nSPS) is 10.2. The minimum absolute atomic E-state index is 0.186. The van der Waals surface area contributed by atoms with Crippen LogP contribution >= 0.6 is 0 Å². The minimum Gasteiger partial charge on any atom is -0.478 e. The average Bonchev–Trinajstić information content (AvgIpc) is 2.47. The van der Waals surface area contributed by atoms with Gasteiger partial charge in [0.1, 0.15) is 5.82 Å². The summed E-state index contributed by atoms with van der Waals surface area (Å²) in [4.78, 5) is 22.7. The van der Waals surface area contributed by atoms with Crippen LogP contribution in [0.1, 0.15) is 31.8 Å². The lowest BCUT2D eigenvalue weighted by molar-refractivity contribution is 0.0696. The number of aryl methyl sites for hydroxylation is 1. The number of carboxylic acid groups (broad SMARTS) is 1. The Hall–Kier alpha value is -2.69. The van der Waals surface area contributed by atoms with Crippen LogP contribution in [0, 0.1) is 12.7 Å². The van der Waals surface area contributed by atoms with Crippen LogP contribution in [0.5, 0.6) is 0 Å². The van der Waals surface area contributed by atoms with E-state index < -0.39 is 11.8 Å². The lowest BCUT2D eigenvalue weighted by Gasteiger charge is -2.08. The Morgan fingerprint density at radius 3 is 2.43 bits per heavy atom. The second-order valence-corrected chi connectivity index (χ2v) is 4.64. The number of carboxylic acids is 1. The number of hydrogen-bond acceptors (Lipinski definition) is 2. The maximum Gasteiger partial charge on any atom is 0.335 e. The van der Waals surface area contributed by atoms with Crippen molar-refractivity contribution in [2.45, 2.75) is 13.5 Å². The Balaban J connectivity index is 2.04. The van der Waals surface area contributed by atoms with Gasteiger partial charge in [0.05, 0.1) is 5.56 Å². The van der Waals surface area contributed by atoms with E-state index in [2.05, 4.69) is 5.32 Å². The first kappa shape index (κ1) is 14.7. The van der Waals surface area contributed by atoms with Crippen LogP contribution in [-0.4, -0.2) is 17.0 Å². The van der Waals surface area contributed by atoms with E-state index in [0.29, 0.717) is 5.56 Å². The zero-order valence-corrected chi connectivity index (χ0v) is 11.4. The Kier molecular flexibility index (Phi) is 4.33. The molecule has 0 saturated heterocycles. The number of hydrogen-bond donors (Lipinski definition) is 2. The van der Waals surface area contributed by atoms with E-state index in [1.54, 1.807) is 25.1 Å². The molecule has 4 nitrogen and oxygen atoms in total. The number of amides is 1. The lowest BCUT2D eigenvalue weighted by atomic mass is 10.1. The van der Waals surface area contributed by atoms with Gasteiger partial charge in [-0.25, -0.2) is 9.18 Å². The van der Waals surface area contributed by atoms with Gasteiger partial charge in [0.25, 0.3) is 5.91 Å². The third-order valence-corrected chi connectivity index (χ3v) is 3.10. The summed E-state index contributed by atoms with van der Waals surface area (Å²) in [5.41, 5.74) is 1.93. The summed E-state index contributed by atoms with van der Waals surface area (Å²) in [5.74, 6) is -1.83. The number of nitrogens with one attached hydrogen (secondary N) is 1. The van der Waals surface area contributed by atoms with Gasteiger partial charge >= 0.3 is 5.97 Å². The van der Waals surface area contributed by atoms with Crippen LogP contribution in [-0.2, 0) is 6.54 Å². The van der Waals surface area contributed by atoms with Gasteiger partial charge in [0.2, 0.25) is 0 Å². The zero-order valence-electron chi connectivity index (χ0n) is 11.4. The fourth-order valence-corrected chi connectivity index (χ4v) is 1.88. The Morgan fingerprint density at radius 2 is 1.81 bits per heavy atom. The van der Waals surface area contributed by atoms with E-state index in [4.69, 9.17) is 5.11 Å². The van der Waals surface area contributed by atoms with Crippen molar-refractivity contribution in [1.29, 1.82) is 0 Å². The summed E-state index contributed by atoms with van der Waals surface area (Å²) in [7, 11) is 0. The first-order chi connectivity index (χ1) is 9.97. The number of carbonyl (C=O) groups is 2. The Bertz CT molecular complexity index is 680. The highest BCUT2D eigenvalue weighted by atomic mass is 19.1. The average molecular weight is 287 g/mol. The van der Waals surface area contributed by atoms with Gasteiger partial charge in [-0.3, -0.25) is 4.79 Å². The number of rotatable bonds is 4. The molecule has 0 aliphatic carbocycles. The summed E-state index contributed by atoms with van der Waals surface area (Å²) in [6, 6.07) is 10.2. The maximum absolute atomic E-state index is 13.2. The molecule has 0 saturated carbocycles. The molecule has 21 heavy (non-hydrogen) atoms. The molecule has 0 unspecified atom stereocenters. The molecular formula is C16H14FNO3. The van der Waals surface area contributed by atoms with Gasteiger partial charge in [-0.1, -0.05) is 18.2 Å². The summed E-state index contributed by atoms with van der Waals surface area (Å²) >= 11 is 0. The van der Waals surface area contributed by atoms with Crippen LogP contribution in [0.4, 0.5) is 4.39 Å². The predicted molar refractivity (Wildman–Crippen MR) is 75.7 cm³/mol. The van der Waals surface area contributed by atoms with E-state index in [1.165, 1.54) is 24.3 Å². The molecular weight excluding hydrogens is 273 g/mol. The highest BCUT2D eigenvalue weighted by Gasteiger charge is 2.10.